The molecule has 0 radical (unpaired) electrons. The van der Waals surface area contributed by atoms with E-state index in [1.54, 1.807) is 24.1 Å². The molecule has 132 valence electrons. The number of anilines is 1. The smallest absolute Gasteiger partial charge is 0.275 e. The van der Waals surface area contributed by atoms with E-state index in [-0.39, 0.29) is 17.8 Å². The number of ketones is 1. The van der Waals surface area contributed by atoms with Gasteiger partial charge in [-0.15, -0.1) is 0 Å². The summed E-state index contributed by atoms with van der Waals surface area (Å²) in [7, 11) is 0. The van der Waals surface area contributed by atoms with Crippen LogP contribution >= 0.6 is 0 Å². The van der Waals surface area contributed by atoms with E-state index in [1.807, 2.05) is 26.8 Å². The lowest BCUT2D eigenvalue weighted by molar-refractivity contribution is 0.0953. The molecule has 1 amide bonds. The van der Waals surface area contributed by atoms with Gasteiger partial charge in [0.15, 0.2) is 5.78 Å². The quantitative estimate of drug-likeness (QED) is 0.866. The SMILES string of the molecule is CCCc1c(C(=O)N2CC(C)Oc3ncccc32)[nH]c(C)c1C(C)=O. The lowest BCUT2D eigenvalue weighted by atomic mass is 10.0. The Labute approximate surface area is 147 Å². The van der Waals surface area contributed by atoms with Gasteiger partial charge in [-0.3, -0.25) is 14.5 Å². The summed E-state index contributed by atoms with van der Waals surface area (Å²) in [6.45, 7) is 7.77. The number of carbonyl (C=O) groups excluding carboxylic acids is 2. The van der Waals surface area contributed by atoms with Crippen LogP contribution in [0.2, 0.25) is 0 Å². The summed E-state index contributed by atoms with van der Waals surface area (Å²) in [5, 5.41) is 0. The summed E-state index contributed by atoms with van der Waals surface area (Å²) in [6.07, 6.45) is 3.04. The average Bonchev–Trinajstić information content (AvgIpc) is 2.90. The second-order valence-corrected chi connectivity index (χ2v) is 6.46. The summed E-state index contributed by atoms with van der Waals surface area (Å²) in [5.41, 5.74) is 3.34. The minimum Gasteiger partial charge on any atom is -0.471 e. The van der Waals surface area contributed by atoms with E-state index in [9.17, 15) is 9.59 Å². The third kappa shape index (κ3) is 3.04. The van der Waals surface area contributed by atoms with E-state index in [1.165, 1.54) is 0 Å². The van der Waals surface area contributed by atoms with Gasteiger partial charge >= 0.3 is 0 Å². The number of carbonyl (C=O) groups is 2. The van der Waals surface area contributed by atoms with E-state index < -0.39 is 0 Å². The summed E-state index contributed by atoms with van der Waals surface area (Å²) < 4.78 is 5.72. The number of aryl methyl sites for hydroxylation is 1. The Kier molecular flexibility index (Phi) is 4.61. The van der Waals surface area contributed by atoms with Crippen LogP contribution in [0.25, 0.3) is 0 Å². The highest BCUT2D eigenvalue weighted by atomic mass is 16.5. The molecular formula is C19H23N3O3. The van der Waals surface area contributed by atoms with Crippen LogP contribution in [0.4, 0.5) is 5.69 Å². The Balaban J connectivity index is 2.07. The van der Waals surface area contributed by atoms with Crippen molar-refractivity contribution in [3.8, 4) is 5.88 Å². The van der Waals surface area contributed by atoms with Crippen LogP contribution in [-0.4, -0.2) is 34.3 Å². The van der Waals surface area contributed by atoms with Crippen molar-refractivity contribution in [3.05, 3.63) is 40.8 Å². The normalized spacial score (nSPS) is 16.3. The first-order chi connectivity index (χ1) is 11.9. The van der Waals surface area contributed by atoms with Crippen molar-refractivity contribution >= 4 is 17.4 Å². The molecule has 1 unspecified atom stereocenters. The summed E-state index contributed by atoms with van der Waals surface area (Å²) in [6, 6.07) is 3.61. The van der Waals surface area contributed by atoms with Crippen molar-refractivity contribution in [2.75, 3.05) is 11.4 Å². The summed E-state index contributed by atoms with van der Waals surface area (Å²) in [4.78, 5) is 34.4. The highest BCUT2D eigenvalue weighted by Crippen LogP contribution is 2.33. The maximum absolute atomic E-state index is 13.3. The van der Waals surface area contributed by atoms with Gasteiger partial charge in [-0.2, -0.15) is 0 Å². The number of Topliss-reactive ketones (excluding diaryl/α,β-unsaturated/α-hetero) is 1. The lowest BCUT2D eigenvalue weighted by Gasteiger charge is -2.32. The number of ether oxygens (including phenoxy) is 1. The molecule has 1 N–H and O–H groups in total. The molecule has 1 aliphatic rings. The second-order valence-electron chi connectivity index (χ2n) is 6.46. The molecule has 0 aromatic carbocycles. The maximum Gasteiger partial charge on any atom is 0.275 e. The third-order valence-corrected chi connectivity index (χ3v) is 4.40. The van der Waals surface area contributed by atoms with Gasteiger partial charge in [-0.1, -0.05) is 13.3 Å². The number of amides is 1. The third-order valence-electron chi connectivity index (χ3n) is 4.40. The standard InChI is InChI=1S/C19H23N3O3/c1-5-7-14-16(13(4)23)12(3)21-17(14)19(24)22-10-11(2)25-18-15(22)8-6-9-20-18/h6,8-9,11,21H,5,7,10H2,1-4H3. The first-order valence-electron chi connectivity index (χ1n) is 8.59. The van der Waals surface area contributed by atoms with Crippen LogP contribution in [0.5, 0.6) is 5.88 Å². The molecule has 6 heteroatoms. The minimum absolute atomic E-state index is 0.0198. The lowest BCUT2D eigenvalue weighted by Crippen LogP contribution is -2.43. The number of H-pyrrole nitrogens is 1. The zero-order valence-corrected chi connectivity index (χ0v) is 15.0. The van der Waals surface area contributed by atoms with Gasteiger partial charge in [0.25, 0.3) is 5.91 Å². The van der Waals surface area contributed by atoms with Crippen LogP contribution in [0.15, 0.2) is 18.3 Å². The number of rotatable bonds is 4. The van der Waals surface area contributed by atoms with Gasteiger partial charge in [0.1, 0.15) is 17.5 Å². The van der Waals surface area contributed by atoms with Crippen LogP contribution < -0.4 is 9.64 Å². The molecule has 3 heterocycles. The van der Waals surface area contributed by atoms with Crippen molar-refractivity contribution in [2.24, 2.45) is 0 Å². The van der Waals surface area contributed by atoms with E-state index in [4.69, 9.17) is 4.74 Å². The van der Waals surface area contributed by atoms with Crippen molar-refractivity contribution in [1.29, 1.82) is 0 Å². The summed E-state index contributed by atoms with van der Waals surface area (Å²) in [5.74, 6) is 0.291. The highest BCUT2D eigenvalue weighted by molar-refractivity contribution is 6.09. The van der Waals surface area contributed by atoms with Crippen molar-refractivity contribution < 1.29 is 14.3 Å². The molecule has 0 saturated carbocycles. The fourth-order valence-electron chi connectivity index (χ4n) is 3.42. The summed E-state index contributed by atoms with van der Waals surface area (Å²) >= 11 is 0. The van der Waals surface area contributed by atoms with Gasteiger partial charge in [0.05, 0.1) is 6.54 Å². The van der Waals surface area contributed by atoms with Gasteiger partial charge < -0.3 is 9.72 Å². The van der Waals surface area contributed by atoms with Gasteiger partial charge in [0.2, 0.25) is 5.88 Å². The predicted molar refractivity (Wildman–Crippen MR) is 95.5 cm³/mol. The van der Waals surface area contributed by atoms with Crippen LogP contribution in [0, 0.1) is 6.92 Å². The van der Waals surface area contributed by atoms with Crippen LogP contribution in [0.3, 0.4) is 0 Å². The number of nitrogens with zero attached hydrogens (tertiary/aromatic N) is 2. The number of pyridine rings is 1. The predicted octanol–water partition coefficient (Wildman–Crippen LogP) is 3.30. The zero-order chi connectivity index (χ0) is 18.1. The van der Waals surface area contributed by atoms with E-state index in [0.29, 0.717) is 35.8 Å². The average molecular weight is 341 g/mol. The molecule has 0 saturated heterocycles. The Hall–Kier alpha value is -2.63. The van der Waals surface area contributed by atoms with Crippen LogP contribution in [-0.2, 0) is 6.42 Å². The van der Waals surface area contributed by atoms with E-state index in [0.717, 1.165) is 17.7 Å². The molecule has 0 aliphatic carbocycles. The molecule has 6 nitrogen and oxygen atoms in total. The molecular weight excluding hydrogens is 318 g/mol. The fourth-order valence-corrected chi connectivity index (χ4v) is 3.42. The number of aromatic amines is 1. The van der Waals surface area contributed by atoms with Crippen LogP contribution in [0.1, 0.15) is 59.3 Å². The molecule has 0 fully saturated rings. The fraction of sp³-hybridized carbons (Fsp3) is 0.421. The first kappa shape index (κ1) is 17.2. The molecule has 1 atom stereocenters. The molecule has 1 aliphatic heterocycles. The molecule has 2 aromatic rings. The Morgan fingerprint density at radius 2 is 2.20 bits per heavy atom. The van der Waals surface area contributed by atoms with Crippen molar-refractivity contribution in [3.63, 3.8) is 0 Å². The van der Waals surface area contributed by atoms with Crippen molar-refractivity contribution in [2.45, 2.75) is 46.6 Å². The number of hydrogen-bond donors (Lipinski definition) is 1. The number of nitrogens with one attached hydrogen (secondary N) is 1. The topological polar surface area (TPSA) is 75.3 Å². The molecule has 3 rings (SSSR count). The largest absolute Gasteiger partial charge is 0.471 e. The molecule has 0 spiro atoms. The highest BCUT2D eigenvalue weighted by Gasteiger charge is 2.32. The minimum atomic E-state index is -0.150. The molecule has 2 aromatic heterocycles. The van der Waals surface area contributed by atoms with Crippen molar-refractivity contribution in [1.82, 2.24) is 9.97 Å². The van der Waals surface area contributed by atoms with E-state index in [2.05, 4.69) is 9.97 Å². The monoisotopic (exact) mass is 341 g/mol. The van der Waals surface area contributed by atoms with E-state index >= 15 is 0 Å². The molecule has 25 heavy (non-hydrogen) atoms. The number of fused-ring (bicyclic) bond motifs is 1. The van der Waals surface area contributed by atoms with Gasteiger partial charge in [0, 0.05) is 17.5 Å². The Bertz CT molecular complexity index is 825. The van der Waals surface area contributed by atoms with Gasteiger partial charge in [-0.25, -0.2) is 4.98 Å². The zero-order valence-electron chi connectivity index (χ0n) is 15.0. The Morgan fingerprint density at radius 3 is 2.88 bits per heavy atom. The number of hydrogen-bond acceptors (Lipinski definition) is 4. The molecule has 0 bridgehead atoms. The maximum atomic E-state index is 13.3. The first-order valence-corrected chi connectivity index (χ1v) is 8.59. The van der Waals surface area contributed by atoms with Gasteiger partial charge in [-0.05, 0) is 44.9 Å². The number of aromatic nitrogens is 2. The Morgan fingerprint density at radius 1 is 1.44 bits per heavy atom. The second kappa shape index (κ2) is 6.70.